The molecule has 0 radical (unpaired) electrons. The van der Waals surface area contributed by atoms with E-state index in [0.29, 0.717) is 18.2 Å². The molecular formula is C22H27N7OS. The van der Waals surface area contributed by atoms with Crippen LogP contribution in [0.2, 0.25) is 0 Å². The van der Waals surface area contributed by atoms with Gasteiger partial charge in [0.05, 0.1) is 36.4 Å². The van der Waals surface area contributed by atoms with Crippen molar-refractivity contribution in [2.24, 2.45) is 0 Å². The van der Waals surface area contributed by atoms with Crippen molar-refractivity contribution in [3.63, 3.8) is 0 Å². The number of nitrogens with zero attached hydrogens (tertiary/aromatic N) is 7. The second-order valence-electron chi connectivity index (χ2n) is 7.49. The van der Waals surface area contributed by atoms with Crippen LogP contribution in [0.4, 0.5) is 5.95 Å². The van der Waals surface area contributed by atoms with Crippen molar-refractivity contribution in [1.29, 1.82) is 10.5 Å². The molecule has 31 heavy (non-hydrogen) atoms. The van der Waals surface area contributed by atoms with E-state index in [1.165, 1.54) is 23.7 Å². The Morgan fingerprint density at radius 2 is 1.71 bits per heavy atom. The highest BCUT2D eigenvalue weighted by Gasteiger charge is 2.23. The lowest BCUT2D eigenvalue weighted by atomic mass is 10.1. The Kier molecular flexibility index (Phi) is 8.31. The molecule has 8 nitrogen and oxygen atoms in total. The summed E-state index contributed by atoms with van der Waals surface area (Å²) in [5.74, 6) is 0.888. The Hall–Kier alpha value is -3.04. The molecule has 2 aromatic rings. The molecule has 1 aromatic heterocycles. The summed E-state index contributed by atoms with van der Waals surface area (Å²) in [4.78, 5) is 16.6. The molecule has 2 heterocycles. The Labute approximate surface area is 187 Å². The number of anilines is 1. The number of hydrogen-bond donors (Lipinski definition) is 0. The third-order valence-corrected chi connectivity index (χ3v) is 6.13. The number of piperidine rings is 1. The fourth-order valence-corrected chi connectivity index (χ4v) is 4.37. The summed E-state index contributed by atoms with van der Waals surface area (Å²) in [6.45, 7) is 4.61. The van der Waals surface area contributed by atoms with Gasteiger partial charge < -0.3 is 9.80 Å². The normalized spacial score (nSPS) is 13.5. The highest BCUT2D eigenvalue weighted by Crippen LogP contribution is 2.28. The Morgan fingerprint density at radius 1 is 1.06 bits per heavy atom. The summed E-state index contributed by atoms with van der Waals surface area (Å²) in [6.07, 6.45) is 4.00. The van der Waals surface area contributed by atoms with Crippen molar-refractivity contribution in [2.45, 2.75) is 44.2 Å². The first-order valence-corrected chi connectivity index (χ1v) is 11.5. The van der Waals surface area contributed by atoms with Crippen molar-refractivity contribution >= 4 is 23.6 Å². The monoisotopic (exact) mass is 437 g/mol. The lowest BCUT2D eigenvalue weighted by molar-refractivity contribution is -0.128. The number of carbonyl (C=O) groups excluding carboxylic acids is 1. The summed E-state index contributed by atoms with van der Waals surface area (Å²) >= 11 is 1.34. The van der Waals surface area contributed by atoms with Gasteiger partial charge in [-0.2, -0.15) is 10.5 Å². The van der Waals surface area contributed by atoms with E-state index in [1.54, 1.807) is 4.90 Å². The lowest BCUT2D eigenvalue weighted by Crippen LogP contribution is -2.34. The second-order valence-corrected chi connectivity index (χ2v) is 8.43. The predicted octanol–water partition coefficient (Wildman–Crippen LogP) is 3.31. The van der Waals surface area contributed by atoms with Crippen LogP contribution in [0.3, 0.4) is 0 Å². The van der Waals surface area contributed by atoms with Gasteiger partial charge in [-0.25, -0.2) is 0 Å². The number of amides is 1. The zero-order chi connectivity index (χ0) is 22.1. The molecule has 0 aliphatic carbocycles. The zero-order valence-electron chi connectivity index (χ0n) is 17.8. The van der Waals surface area contributed by atoms with Crippen LogP contribution in [-0.2, 0) is 4.79 Å². The van der Waals surface area contributed by atoms with Gasteiger partial charge in [-0.05, 0) is 38.3 Å². The number of nitriles is 2. The third-order valence-electron chi connectivity index (χ3n) is 5.21. The Balaban J connectivity index is 1.80. The van der Waals surface area contributed by atoms with Crippen LogP contribution in [0.15, 0.2) is 29.4 Å². The van der Waals surface area contributed by atoms with E-state index in [0.717, 1.165) is 37.6 Å². The zero-order valence-corrected chi connectivity index (χ0v) is 18.6. The molecule has 1 aromatic carbocycles. The molecule has 1 aliphatic heterocycles. The molecule has 0 atom stereocenters. The van der Waals surface area contributed by atoms with Crippen LogP contribution in [0.25, 0.3) is 5.69 Å². The Morgan fingerprint density at radius 3 is 2.32 bits per heavy atom. The van der Waals surface area contributed by atoms with Crippen LogP contribution in [-0.4, -0.2) is 57.5 Å². The fourth-order valence-electron chi connectivity index (χ4n) is 3.52. The molecule has 9 heteroatoms. The molecule has 1 fully saturated rings. The van der Waals surface area contributed by atoms with E-state index in [2.05, 4.69) is 39.4 Å². The molecule has 0 N–H and O–H groups in total. The summed E-state index contributed by atoms with van der Waals surface area (Å²) in [5, 5.41) is 27.2. The maximum Gasteiger partial charge on any atom is 0.233 e. The van der Waals surface area contributed by atoms with Crippen LogP contribution in [0.1, 0.15) is 37.7 Å². The maximum absolute atomic E-state index is 12.7. The molecule has 162 valence electrons. The number of aromatic nitrogens is 3. The summed E-state index contributed by atoms with van der Waals surface area (Å²) < 4.78 is 2.03. The van der Waals surface area contributed by atoms with Crippen molar-refractivity contribution in [2.75, 3.05) is 36.8 Å². The lowest BCUT2D eigenvalue weighted by Gasteiger charge is -2.28. The van der Waals surface area contributed by atoms with Gasteiger partial charge in [0.25, 0.3) is 0 Å². The van der Waals surface area contributed by atoms with E-state index in [1.807, 2.05) is 23.6 Å². The van der Waals surface area contributed by atoms with Crippen LogP contribution >= 0.6 is 11.8 Å². The first-order chi connectivity index (χ1) is 15.1. The summed E-state index contributed by atoms with van der Waals surface area (Å²) in [6, 6.07) is 12.3. The highest BCUT2D eigenvalue weighted by atomic mass is 32.2. The number of hydrogen-bond acceptors (Lipinski definition) is 7. The van der Waals surface area contributed by atoms with Gasteiger partial charge in [-0.1, -0.05) is 29.5 Å². The van der Waals surface area contributed by atoms with Gasteiger partial charge in [0.2, 0.25) is 11.9 Å². The highest BCUT2D eigenvalue weighted by molar-refractivity contribution is 7.99. The number of thioether (sulfide) groups is 1. The van der Waals surface area contributed by atoms with Crippen LogP contribution < -0.4 is 4.90 Å². The van der Waals surface area contributed by atoms with E-state index in [9.17, 15) is 4.79 Å². The van der Waals surface area contributed by atoms with Crippen molar-refractivity contribution in [1.82, 2.24) is 19.7 Å². The molecular weight excluding hydrogens is 410 g/mol. The topological polar surface area (TPSA) is 102 Å². The van der Waals surface area contributed by atoms with E-state index < -0.39 is 0 Å². The molecule has 0 spiro atoms. The maximum atomic E-state index is 12.7. The van der Waals surface area contributed by atoms with E-state index in [4.69, 9.17) is 10.5 Å². The average molecular weight is 438 g/mol. The molecule has 3 rings (SSSR count). The minimum absolute atomic E-state index is 0.103. The largest absolute Gasteiger partial charge is 0.341 e. The van der Waals surface area contributed by atoms with Crippen LogP contribution in [0, 0.1) is 29.6 Å². The fraction of sp³-hybridized carbons (Fsp3) is 0.500. The SMILES string of the molecule is Cc1ccc(-n2c(SCC(=O)N(CCC#N)CCC#N)nnc2N2CCCCC2)cc1. The molecule has 1 amide bonds. The van der Waals surface area contributed by atoms with Gasteiger partial charge in [-0.15, -0.1) is 10.2 Å². The number of rotatable bonds is 9. The first-order valence-electron chi connectivity index (χ1n) is 10.6. The van der Waals surface area contributed by atoms with Gasteiger partial charge in [0.15, 0.2) is 5.16 Å². The van der Waals surface area contributed by atoms with E-state index in [-0.39, 0.29) is 24.5 Å². The van der Waals surface area contributed by atoms with Crippen molar-refractivity contribution in [3.05, 3.63) is 29.8 Å². The van der Waals surface area contributed by atoms with Gasteiger partial charge in [0, 0.05) is 26.2 Å². The number of aryl methyl sites for hydroxylation is 1. The van der Waals surface area contributed by atoms with Gasteiger partial charge in [0.1, 0.15) is 0 Å². The molecule has 0 bridgehead atoms. The minimum Gasteiger partial charge on any atom is -0.341 e. The molecule has 0 saturated carbocycles. The molecule has 1 saturated heterocycles. The average Bonchev–Trinajstić information content (AvgIpc) is 3.22. The summed E-state index contributed by atoms with van der Waals surface area (Å²) in [7, 11) is 0. The summed E-state index contributed by atoms with van der Waals surface area (Å²) in [5.41, 5.74) is 2.14. The molecule has 0 unspecified atom stereocenters. The van der Waals surface area contributed by atoms with Crippen molar-refractivity contribution < 1.29 is 4.79 Å². The number of carbonyl (C=O) groups is 1. The molecule has 1 aliphatic rings. The van der Waals surface area contributed by atoms with Crippen molar-refractivity contribution in [3.8, 4) is 17.8 Å². The van der Waals surface area contributed by atoms with Gasteiger partial charge >= 0.3 is 0 Å². The van der Waals surface area contributed by atoms with E-state index >= 15 is 0 Å². The minimum atomic E-state index is -0.103. The van der Waals surface area contributed by atoms with Crippen LogP contribution in [0.5, 0.6) is 0 Å². The predicted molar refractivity (Wildman–Crippen MR) is 120 cm³/mol. The first kappa shape index (κ1) is 22.6. The quantitative estimate of drug-likeness (QED) is 0.555. The standard InChI is InChI=1S/C22H27N7OS/c1-18-7-9-19(10-8-18)29-21(28-13-3-2-4-14-28)25-26-22(29)31-17-20(30)27(15-5-11-23)16-6-12-24/h7-10H,2-6,13-17H2,1H3. The van der Waals surface area contributed by atoms with Gasteiger partial charge in [-0.3, -0.25) is 9.36 Å². The second kappa shape index (κ2) is 11.4. The third kappa shape index (κ3) is 5.99. The smallest absolute Gasteiger partial charge is 0.233 e. The Bertz CT molecular complexity index is 934. The number of benzene rings is 1.